The van der Waals surface area contributed by atoms with Crippen molar-refractivity contribution in [3.05, 3.63) is 172 Å². The van der Waals surface area contributed by atoms with Crippen molar-refractivity contribution in [3.8, 4) is 33.4 Å². The van der Waals surface area contributed by atoms with Crippen LogP contribution in [0, 0.1) is 13.8 Å². The average molecular weight is 782 g/mol. The molecule has 1 heterocycles. The summed E-state index contributed by atoms with van der Waals surface area (Å²) in [6.07, 6.45) is 4.82. The van der Waals surface area contributed by atoms with Gasteiger partial charge in [-0.2, -0.15) is 0 Å². The van der Waals surface area contributed by atoms with Crippen LogP contribution in [0.15, 0.2) is 139 Å². The van der Waals surface area contributed by atoms with Crippen molar-refractivity contribution in [3.63, 3.8) is 0 Å². The number of rotatable bonds is 5. The average Bonchev–Trinajstić information content (AvgIpc) is 3.79. The van der Waals surface area contributed by atoms with Crippen molar-refractivity contribution in [2.24, 2.45) is 0 Å². The van der Waals surface area contributed by atoms with E-state index >= 15 is 0 Å². The first kappa shape index (κ1) is 32.4. The van der Waals surface area contributed by atoms with Crippen LogP contribution in [-0.2, 0) is 16.4 Å². The third-order valence-electron chi connectivity index (χ3n) is 11.9. The van der Waals surface area contributed by atoms with Crippen LogP contribution in [0.5, 0.6) is 0 Å². The van der Waals surface area contributed by atoms with Gasteiger partial charge >= 0.3 is 309 Å². The predicted molar refractivity (Wildman–Crippen MR) is 217 cm³/mol. The van der Waals surface area contributed by atoms with Gasteiger partial charge in [0.25, 0.3) is 0 Å². The van der Waals surface area contributed by atoms with Gasteiger partial charge in [0.1, 0.15) is 0 Å². The van der Waals surface area contributed by atoms with Crippen LogP contribution in [0.25, 0.3) is 45.5 Å². The Labute approximate surface area is 306 Å². The van der Waals surface area contributed by atoms with E-state index < -0.39 is 25.9 Å². The normalized spacial score (nSPS) is 18.5. The van der Waals surface area contributed by atoms with E-state index in [1.807, 2.05) is 0 Å². The Morgan fingerprint density at radius 2 is 0.900 bits per heavy atom. The number of hydrogen-bond donors (Lipinski definition) is 0. The Kier molecular flexibility index (Phi) is 7.62. The SMILES string of the molecule is CC1=Cc2c(-c3ccccc3C)cccc2[CH]1[Zr]([Cl])([Cl])([c]1cccc2c1[SiH2]c1ccccc1-2)[CH]1C(C)=Cc2c(-c3ccccc3C)cccc21. The summed E-state index contributed by atoms with van der Waals surface area (Å²) in [5.74, 6) is 0. The quantitative estimate of drug-likeness (QED) is 0.153. The van der Waals surface area contributed by atoms with Gasteiger partial charge in [0.05, 0.1) is 0 Å². The number of allylic oxidation sites excluding steroid dienone is 2. The van der Waals surface area contributed by atoms with Crippen LogP contribution < -0.4 is 13.6 Å². The molecule has 9 rings (SSSR count). The second-order valence-corrected chi connectivity index (χ2v) is 37.1. The monoisotopic (exact) mass is 779 g/mol. The van der Waals surface area contributed by atoms with E-state index in [1.165, 1.54) is 91.6 Å². The van der Waals surface area contributed by atoms with Gasteiger partial charge in [-0.05, 0) is 0 Å². The molecule has 4 heteroatoms. The predicted octanol–water partition coefficient (Wildman–Crippen LogP) is 10.7. The van der Waals surface area contributed by atoms with E-state index in [0.717, 1.165) is 0 Å². The van der Waals surface area contributed by atoms with Gasteiger partial charge < -0.3 is 0 Å². The summed E-state index contributed by atoms with van der Waals surface area (Å²) in [6.45, 7) is 8.99. The summed E-state index contributed by atoms with van der Waals surface area (Å²) in [4.78, 5) is 0. The van der Waals surface area contributed by atoms with Crippen molar-refractivity contribution in [2.75, 3.05) is 0 Å². The molecular weight excluding hydrogens is 743 g/mol. The molecule has 0 nitrogen and oxygen atoms in total. The van der Waals surface area contributed by atoms with E-state index in [2.05, 4.69) is 167 Å². The molecular formula is C46H39Cl2SiZr. The van der Waals surface area contributed by atoms with Gasteiger partial charge in [0, 0.05) is 0 Å². The van der Waals surface area contributed by atoms with Crippen molar-refractivity contribution in [2.45, 2.75) is 34.9 Å². The zero-order valence-corrected chi connectivity index (χ0v) is 34.3. The van der Waals surface area contributed by atoms with Gasteiger partial charge in [-0.25, -0.2) is 0 Å². The van der Waals surface area contributed by atoms with Gasteiger partial charge in [0.2, 0.25) is 0 Å². The van der Waals surface area contributed by atoms with Crippen LogP contribution >= 0.6 is 17.0 Å². The van der Waals surface area contributed by atoms with E-state index in [9.17, 15) is 0 Å². The van der Waals surface area contributed by atoms with Crippen LogP contribution in [0.3, 0.4) is 0 Å². The third kappa shape index (κ3) is 4.58. The number of hydrogen-bond acceptors (Lipinski definition) is 0. The van der Waals surface area contributed by atoms with E-state index in [1.54, 1.807) is 0 Å². The standard InChI is InChI=1S/2C17H15.C12H9Si.2ClH.Zr/c2*1-12-10-14-7-5-9-16(17(14)11-12)15-8-4-3-6-13(15)2;1-3-7-11-9(5-1)10-6-2-4-8-12(10)13-11;;;/h2*3-11H,1-2H3;1-7H,13H2;2*1H;/q;;;;;+2/p-2. The summed E-state index contributed by atoms with van der Waals surface area (Å²) < 4.78 is 1.11. The molecule has 2 atom stereocenters. The maximum absolute atomic E-state index is 8.98. The number of fused-ring (bicyclic) bond motifs is 5. The summed E-state index contributed by atoms with van der Waals surface area (Å²) in [7, 11) is 17.1. The first-order valence-electron chi connectivity index (χ1n) is 17.7. The van der Waals surface area contributed by atoms with Gasteiger partial charge in [-0.15, -0.1) is 0 Å². The fourth-order valence-corrected chi connectivity index (χ4v) is 38.6. The molecule has 3 aliphatic rings. The van der Waals surface area contributed by atoms with Crippen molar-refractivity contribution >= 4 is 52.3 Å². The molecule has 0 N–H and O–H groups in total. The second kappa shape index (κ2) is 11.8. The number of benzene rings is 6. The van der Waals surface area contributed by atoms with Crippen molar-refractivity contribution < 1.29 is 16.4 Å². The summed E-state index contributed by atoms with van der Waals surface area (Å²) in [5.41, 5.74) is 18.0. The molecule has 245 valence electrons. The van der Waals surface area contributed by atoms with E-state index in [-0.39, 0.29) is 7.25 Å². The zero-order chi connectivity index (χ0) is 34.4. The molecule has 0 bridgehead atoms. The third-order valence-corrected chi connectivity index (χ3v) is 35.1. The van der Waals surface area contributed by atoms with Crippen molar-refractivity contribution in [1.29, 1.82) is 0 Å². The van der Waals surface area contributed by atoms with Crippen LogP contribution in [0.2, 0.25) is 0 Å². The van der Waals surface area contributed by atoms with Gasteiger partial charge in [0.15, 0.2) is 0 Å². The van der Waals surface area contributed by atoms with Gasteiger partial charge in [-0.3, -0.25) is 0 Å². The van der Waals surface area contributed by atoms with Crippen LogP contribution in [-0.4, -0.2) is 9.52 Å². The van der Waals surface area contributed by atoms with Crippen molar-refractivity contribution in [1.82, 2.24) is 0 Å². The molecule has 2 aliphatic carbocycles. The molecule has 1 aliphatic heterocycles. The zero-order valence-electron chi connectivity index (χ0n) is 28.9. The number of halogens is 2. The molecule has 0 radical (unpaired) electrons. The molecule has 0 saturated carbocycles. The Bertz CT molecular complexity index is 2350. The molecule has 0 saturated heterocycles. The molecule has 50 heavy (non-hydrogen) atoms. The summed E-state index contributed by atoms with van der Waals surface area (Å²) in [6, 6.07) is 46.9. The first-order chi connectivity index (χ1) is 24.2. The van der Waals surface area contributed by atoms with E-state index in [0.29, 0.717) is 0 Å². The summed E-state index contributed by atoms with van der Waals surface area (Å²) >= 11 is -5.42. The fraction of sp³-hybridized carbons (Fsp3) is 0.130. The minimum atomic E-state index is -5.42. The Balaban J connectivity index is 1.34. The maximum atomic E-state index is 8.98. The molecule has 0 amide bonds. The second-order valence-electron chi connectivity index (χ2n) is 14.7. The van der Waals surface area contributed by atoms with Crippen LogP contribution in [0.4, 0.5) is 0 Å². The minimum absolute atomic E-state index is 0.0793. The first-order valence-corrected chi connectivity index (χ1v) is 29.5. The van der Waals surface area contributed by atoms with E-state index in [4.69, 9.17) is 17.0 Å². The fourth-order valence-electron chi connectivity index (χ4n) is 9.81. The molecule has 0 fully saturated rings. The molecule has 6 aromatic rings. The van der Waals surface area contributed by atoms with Gasteiger partial charge in [-0.1, -0.05) is 0 Å². The topological polar surface area (TPSA) is 0 Å². The number of aryl methyl sites for hydroxylation is 2. The molecule has 2 unspecified atom stereocenters. The summed E-state index contributed by atoms with van der Waals surface area (Å²) in [5, 5.41) is 2.94. The molecule has 0 aromatic heterocycles. The molecule has 6 aromatic carbocycles. The Morgan fingerprint density at radius 1 is 0.460 bits per heavy atom. The molecule has 0 spiro atoms. The Morgan fingerprint density at radius 3 is 1.44 bits per heavy atom. The van der Waals surface area contributed by atoms with Crippen LogP contribution in [0.1, 0.15) is 54.5 Å². The Hall–Kier alpha value is -3.52.